The lowest BCUT2D eigenvalue weighted by Crippen LogP contribution is -2.48. The number of aryl methyl sites for hydroxylation is 1. The van der Waals surface area contributed by atoms with Gasteiger partial charge < -0.3 is 4.74 Å². The van der Waals surface area contributed by atoms with Crippen LogP contribution in [0, 0.1) is 12.8 Å². The molecule has 9 heteroatoms. The summed E-state index contributed by atoms with van der Waals surface area (Å²) in [5, 5.41) is 0. The van der Waals surface area contributed by atoms with Crippen molar-refractivity contribution in [3.05, 3.63) is 29.3 Å². The molecule has 0 aromatic heterocycles. The van der Waals surface area contributed by atoms with E-state index in [0.717, 1.165) is 6.07 Å². The van der Waals surface area contributed by atoms with Gasteiger partial charge in [-0.15, -0.1) is 0 Å². The summed E-state index contributed by atoms with van der Waals surface area (Å²) in [4.78, 5) is 0. The lowest BCUT2D eigenvalue weighted by Gasteiger charge is -2.31. The fourth-order valence-corrected chi connectivity index (χ4v) is 2.05. The molecule has 120 valence electrons. The number of nitrogens with one attached hydrogen (secondary N) is 1. The number of benzene rings is 1. The number of nitrogens with two attached hydrogens (primary N) is 1. The molecule has 0 saturated heterocycles. The second-order valence-electron chi connectivity index (χ2n) is 4.43. The van der Waals surface area contributed by atoms with Gasteiger partial charge in [-0.2, -0.15) is 26.3 Å². The summed E-state index contributed by atoms with van der Waals surface area (Å²) in [6.45, 7) is 1.38. The standard InChI is InChI=1S/C12H14F6N2O/c1-6-5-7(21-2)3-4-8(6)9(20-19)10(11(13,14)15)12(16,17)18/h3-5,9-10,20H,19H2,1-2H3. The van der Waals surface area contributed by atoms with Crippen LogP contribution in [0.1, 0.15) is 17.2 Å². The van der Waals surface area contributed by atoms with E-state index in [-0.39, 0.29) is 11.1 Å². The van der Waals surface area contributed by atoms with E-state index in [0.29, 0.717) is 5.75 Å². The van der Waals surface area contributed by atoms with E-state index in [1.807, 2.05) is 0 Å². The van der Waals surface area contributed by atoms with Crippen molar-refractivity contribution in [3.63, 3.8) is 0 Å². The molecular formula is C12H14F6N2O. The zero-order valence-electron chi connectivity index (χ0n) is 11.1. The quantitative estimate of drug-likeness (QED) is 0.509. The average molecular weight is 316 g/mol. The van der Waals surface area contributed by atoms with Gasteiger partial charge in [0.25, 0.3) is 0 Å². The summed E-state index contributed by atoms with van der Waals surface area (Å²) in [5.74, 6) is 1.67. The highest BCUT2D eigenvalue weighted by atomic mass is 19.4. The number of ether oxygens (including phenoxy) is 1. The highest BCUT2D eigenvalue weighted by Crippen LogP contribution is 2.46. The molecule has 0 aliphatic heterocycles. The molecule has 0 aliphatic carbocycles. The number of methoxy groups -OCH3 is 1. The van der Waals surface area contributed by atoms with Crippen LogP contribution < -0.4 is 16.0 Å². The van der Waals surface area contributed by atoms with Gasteiger partial charge in [-0.1, -0.05) is 6.07 Å². The molecule has 0 amide bonds. The van der Waals surface area contributed by atoms with E-state index in [1.54, 1.807) is 5.43 Å². The maximum absolute atomic E-state index is 12.8. The Morgan fingerprint density at radius 3 is 1.95 bits per heavy atom. The molecule has 1 rings (SSSR count). The summed E-state index contributed by atoms with van der Waals surface area (Å²) in [6, 6.07) is 1.60. The van der Waals surface area contributed by atoms with Crippen LogP contribution in [0.3, 0.4) is 0 Å². The molecule has 0 bridgehead atoms. The minimum atomic E-state index is -5.48. The first-order chi connectivity index (χ1) is 9.52. The fourth-order valence-electron chi connectivity index (χ4n) is 2.05. The molecule has 0 spiro atoms. The Kier molecular flexibility index (Phi) is 5.11. The number of hydrogen-bond donors (Lipinski definition) is 2. The molecule has 1 aromatic rings. The monoisotopic (exact) mass is 316 g/mol. The number of hydrazine groups is 1. The number of halogens is 6. The van der Waals surface area contributed by atoms with E-state index < -0.39 is 24.3 Å². The van der Waals surface area contributed by atoms with Crippen molar-refractivity contribution in [1.29, 1.82) is 0 Å². The molecule has 1 unspecified atom stereocenters. The third kappa shape index (κ3) is 4.01. The van der Waals surface area contributed by atoms with Gasteiger partial charge in [0, 0.05) is 0 Å². The van der Waals surface area contributed by atoms with Gasteiger partial charge >= 0.3 is 12.4 Å². The molecule has 3 N–H and O–H groups in total. The molecule has 1 atom stereocenters. The molecule has 0 saturated carbocycles. The van der Waals surface area contributed by atoms with Crippen molar-refractivity contribution in [1.82, 2.24) is 5.43 Å². The number of rotatable bonds is 4. The van der Waals surface area contributed by atoms with Gasteiger partial charge in [-0.3, -0.25) is 11.3 Å². The van der Waals surface area contributed by atoms with Gasteiger partial charge in [0.15, 0.2) is 5.92 Å². The highest BCUT2D eigenvalue weighted by Gasteiger charge is 2.60. The van der Waals surface area contributed by atoms with Crippen LogP contribution in [-0.4, -0.2) is 19.5 Å². The minimum absolute atomic E-state index is 0.196. The zero-order valence-corrected chi connectivity index (χ0v) is 11.1. The van der Waals surface area contributed by atoms with Gasteiger partial charge in [0.05, 0.1) is 13.2 Å². The van der Waals surface area contributed by atoms with Crippen molar-refractivity contribution < 1.29 is 31.1 Å². The SMILES string of the molecule is COc1ccc(C(NN)C(C(F)(F)F)C(F)(F)F)c(C)c1. The molecule has 0 fully saturated rings. The third-order valence-electron chi connectivity index (χ3n) is 3.03. The third-order valence-corrected chi connectivity index (χ3v) is 3.03. The Hall–Kier alpha value is -1.48. The first kappa shape index (κ1) is 17.6. The summed E-state index contributed by atoms with van der Waals surface area (Å²) in [5.41, 5.74) is 1.64. The molecular weight excluding hydrogens is 302 g/mol. The summed E-state index contributed by atoms with van der Waals surface area (Å²) < 4.78 is 81.5. The second kappa shape index (κ2) is 6.10. The maximum atomic E-state index is 12.8. The van der Waals surface area contributed by atoms with Crippen LogP contribution >= 0.6 is 0 Å². The Labute approximate surface area is 117 Å². The van der Waals surface area contributed by atoms with Crippen LogP contribution in [0.4, 0.5) is 26.3 Å². The lowest BCUT2D eigenvalue weighted by atomic mass is 9.89. The van der Waals surface area contributed by atoms with E-state index >= 15 is 0 Å². The lowest BCUT2D eigenvalue weighted by molar-refractivity contribution is -0.292. The van der Waals surface area contributed by atoms with Crippen LogP contribution in [-0.2, 0) is 0 Å². The second-order valence-corrected chi connectivity index (χ2v) is 4.43. The summed E-state index contributed by atoms with van der Waals surface area (Å²) >= 11 is 0. The maximum Gasteiger partial charge on any atom is 0.402 e. The predicted octanol–water partition coefficient (Wildman–Crippen LogP) is 3.25. The van der Waals surface area contributed by atoms with Crippen molar-refractivity contribution in [2.24, 2.45) is 11.8 Å². The summed E-state index contributed by atoms with van der Waals surface area (Å²) in [7, 11) is 1.33. The van der Waals surface area contributed by atoms with Crippen molar-refractivity contribution in [2.45, 2.75) is 25.3 Å². The first-order valence-electron chi connectivity index (χ1n) is 5.76. The smallest absolute Gasteiger partial charge is 0.402 e. The molecule has 3 nitrogen and oxygen atoms in total. The molecule has 21 heavy (non-hydrogen) atoms. The topological polar surface area (TPSA) is 47.3 Å². The Bertz CT molecular complexity index is 472. The average Bonchev–Trinajstić information content (AvgIpc) is 2.32. The van der Waals surface area contributed by atoms with Crippen molar-refractivity contribution in [3.8, 4) is 5.75 Å². The fraction of sp³-hybridized carbons (Fsp3) is 0.500. The van der Waals surface area contributed by atoms with Crippen molar-refractivity contribution >= 4 is 0 Å². The minimum Gasteiger partial charge on any atom is -0.497 e. The molecule has 1 aromatic carbocycles. The van der Waals surface area contributed by atoms with E-state index in [9.17, 15) is 26.3 Å². The van der Waals surface area contributed by atoms with Crippen LogP contribution in [0.15, 0.2) is 18.2 Å². The van der Waals surface area contributed by atoms with Gasteiger partial charge in [0.2, 0.25) is 0 Å². The molecule has 0 radical (unpaired) electrons. The Balaban J connectivity index is 3.33. The predicted molar refractivity (Wildman–Crippen MR) is 63.4 cm³/mol. The normalized spacial score (nSPS) is 14.4. The molecule has 0 heterocycles. The largest absolute Gasteiger partial charge is 0.497 e. The number of alkyl halides is 6. The van der Waals surface area contributed by atoms with Gasteiger partial charge in [-0.05, 0) is 30.2 Å². The summed E-state index contributed by atoms with van der Waals surface area (Å²) in [6.07, 6.45) is -11.0. The number of hydrogen-bond acceptors (Lipinski definition) is 3. The zero-order chi connectivity index (χ0) is 16.4. The first-order valence-corrected chi connectivity index (χ1v) is 5.76. The Morgan fingerprint density at radius 2 is 1.62 bits per heavy atom. The van der Waals surface area contributed by atoms with E-state index in [2.05, 4.69) is 0 Å². The Morgan fingerprint density at radius 1 is 1.10 bits per heavy atom. The molecule has 0 aliphatic rings. The van der Waals surface area contributed by atoms with Crippen LogP contribution in [0.2, 0.25) is 0 Å². The van der Waals surface area contributed by atoms with Gasteiger partial charge in [0.1, 0.15) is 5.75 Å². The van der Waals surface area contributed by atoms with Gasteiger partial charge in [-0.25, -0.2) is 0 Å². The highest BCUT2D eigenvalue weighted by molar-refractivity contribution is 5.37. The van der Waals surface area contributed by atoms with E-state index in [1.165, 1.54) is 26.2 Å². The van der Waals surface area contributed by atoms with E-state index in [4.69, 9.17) is 10.6 Å². The van der Waals surface area contributed by atoms with Crippen molar-refractivity contribution in [2.75, 3.05) is 7.11 Å². The van der Waals surface area contributed by atoms with Crippen LogP contribution in [0.5, 0.6) is 5.75 Å². The van der Waals surface area contributed by atoms with Crippen LogP contribution in [0.25, 0.3) is 0 Å².